The second-order valence-electron chi connectivity index (χ2n) is 6.94. The lowest BCUT2D eigenvalue weighted by atomic mass is 10.00. The van der Waals surface area contributed by atoms with Crippen molar-refractivity contribution in [2.24, 2.45) is 0 Å². The molecule has 0 saturated carbocycles. The van der Waals surface area contributed by atoms with Crippen molar-refractivity contribution < 1.29 is 13.9 Å². The molecular weight excluding hydrogens is 364 g/mol. The van der Waals surface area contributed by atoms with Crippen molar-refractivity contribution in [1.82, 2.24) is 0 Å². The van der Waals surface area contributed by atoms with Crippen molar-refractivity contribution in [3.8, 4) is 22.6 Å². The number of ether oxygens (including phenoxy) is 2. The van der Waals surface area contributed by atoms with Crippen molar-refractivity contribution >= 4 is 11.0 Å². The number of hydrogen-bond donors (Lipinski definition) is 0. The molecule has 0 amide bonds. The Morgan fingerprint density at radius 2 is 1.66 bits per heavy atom. The summed E-state index contributed by atoms with van der Waals surface area (Å²) in [6.07, 6.45) is -0.121. The number of benzene rings is 3. The summed E-state index contributed by atoms with van der Waals surface area (Å²) < 4.78 is 17.0. The standard InChI is InChI=1S/C25H22O4/c1-16-23(28-17(2)18-7-5-4-6-8-18)14-13-21-22(15-24(26)29-25(16)21)19-9-11-20(27-3)12-10-19/h4-15,17H,1-3H3/t17-/m1/s1. The Kier molecular flexibility index (Phi) is 5.09. The van der Waals surface area contributed by atoms with Crippen LogP contribution < -0.4 is 15.1 Å². The third-order valence-electron chi connectivity index (χ3n) is 5.08. The molecule has 1 atom stereocenters. The molecule has 0 spiro atoms. The van der Waals surface area contributed by atoms with Gasteiger partial charge in [-0.3, -0.25) is 0 Å². The van der Waals surface area contributed by atoms with Gasteiger partial charge >= 0.3 is 5.63 Å². The molecule has 0 saturated heterocycles. The van der Waals surface area contributed by atoms with Crippen LogP contribution in [0.4, 0.5) is 0 Å². The van der Waals surface area contributed by atoms with E-state index in [1.54, 1.807) is 7.11 Å². The number of fused-ring (bicyclic) bond motifs is 1. The summed E-state index contributed by atoms with van der Waals surface area (Å²) in [5, 5.41) is 0.868. The summed E-state index contributed by atoms with van der Waals surface area (Å²) in [6, 6.07) is 23.0. The Morgan fingerprint density at radius 1 is 0.931 bits per heavy atom. The first-order valence-electron chi connectivity index (χ1n) is 9.50. The highest BCUT2D eigenvalue weighted by atomic mass is 16.5. The van der Waals surface area contributed by atoms with Gasteiger partial charge in [-0.25, -0.2) is 4.79 Å². The third kappa shape index (κ3) is 3.74. The molecule has 0 aliphatic heterocycles. The van der Waals surface area contributed by atoms with Gasteiger partial charge in [0, 0.05) is 17.0 Å². The Bertz CT molecular complexity index is 1190. The SMILES string of the molecule is COc1ccc(-c2cc(=O)oc3c(C)c(O[C@H](C)c4ccccc4)ccc23)cc1. The second-order valence-corrected chi connectivity index (χ2v) is 6.94. The first-order valence-corrected chi connectivity index (χ1v) is 9.50. The molecule has 1 aromatic heterocycles. The van der Waals surface area contributed by atoms with Gasteiger partial charge in [0.2, 0.25) is 0 Å². The topological polar surface area (TPSA) is 48.7 Å². The van der Waals surface area contributed by atoms with Crippen LogP contribution in [-0.2, 0) is 0 Å². The van der Waals surface area contributed by atoms with E-state index in [-0.39, 0.29) is 11.7 Å². The van der Waals surface area contributed by atoms with Gasteiger partial charge < -0.3 is 13.9 Å². The molecule has 0 aliphatic rings. The molecular formula is C25H22O4. The zero-order chi connectivity index (χ0) is 20.4. The molecule has 29 heavy (non-hydrogen) atoms. The van der Waals surface area contributed by atoms with Crippen LogP contribution >= 0.6 is 0 Å². The van der Waals surface area contributed by atoms with E-state index >= 15 is 0 Å². The lowest BCUT2D eigenvalue weighted by Gasteiger charge is -2.18. The first kappa shape index (κ1) is 18.8. The molecule has 4 heteroatoms. The highest BCUT2D eigenvalue weighted by Gasteiger charge is 2.15. The Hall–Kier alpha value is -3.53. The molecule has 1 heterocycles. The molecule has 0 aliphatic carbocycles. The molecule has 0 radical (unpaired) electrons. The van der Waals surface area contributed by atoms with Gasteiger partial charge in [-0.15, -0.1) is 0 Å². The van der Waals surface area contributed by atoms with Crippen molar-refractivity contribution in [1.29, 1.82) is 0 Å². The summed E-state index contributed by atoms with van der Waals surface area (Å²) in [7, 11) is 1.63. The van der Waals surface area contributed by atoms with E-state index in [2.05, 4.69) is 0 Å². The minimum atomic E-state index is -0.389. The van der Waals surface area contributed by atoms with Crippen LogP contribution in [0.25, 0.3) is 22.1 Å². The van der Waals surface area contributed by atoms with Crippen LogP contribution in [0.1, 0.15) is 24.2 Å². The molecule has 0 N–H and O–H groups in total. The number of hydrogen-bond acceptors (Lipinski definition) is 4. The van der Waals surface area contributed by atoms with E-state index in [0.29, 0.717) is 11.3 Å². The van der Waals surface area contributed by atoms with Crippen LogP contribution in [0.15, 0.2) is 82.0 Å². The molecule has 0 unspecified atom stereocenters. The van der Waals surface area contributed by atoms with Crippen molar-refractivity contribution in [2.45, 2.75) is 20.0 Å². The maximum absolute atomic E-state index is 12.3. The van der Waals surface area contributed by atoms with E-state index in [1.165, 1.54) is 6.07 Å². The van der Waals surface area contributed by atoms with Gasteiger partial charge in [-0.05, 0) is 54.8 Å². The summed E-state index contributed by atoms with van der Waals surface area (Å²) in [5.74, 6) is 1.46. The molecule has 146 valence electrons. The average molecular weight is 386 g/mol. The van der Waals surface area contributed by atoms with E-state index in [4.69, 9.17) is 13.9 Å². The summed E-state index contributed by atoms with van der Waals surface area (Å²) in [6.45, 7) is 3.92. The van der Waals surface area contributed by atoms with Gasteiger partial charge in [0.05, 0.1) is 7.11 Å². The summed E-state index contributed by atoms with van der Waals surface area (Å²) in [5.41, 5.74) is 3.79. The minimum absolute atomic E-state index is 0.121. The number of aryl methyl sites for hydroxylation is 1. The van der Waals surface area contributed by atoms with Crippen molar-refractivity contribution in [2.75, 3.05) is 7.11 Å². The maximum Gasteiger partial charge on any atom is 0.336 e. The molecule has 0 bridgehead atoms. The van der Waals surface area contributed by atoms with E-state index in [1.807, 2.05) is 80.6 Å². The normalized spacial score (nSPS) is 12.0. The zero-order valence-electron chi connectivity index (χ0n) is 16.6. The average Bonchev–Trinajstić information content (AvgIpc) is 2.76. The van der Waals surface area contributed by atoms with Gasteiger partial charge in [-0.2, -0.15) is 0 Å². The molecule has 3 aromatic carbocycles. The highest BCUT2D eigenvalue weighted by molar-refractivity contribution is 5.95. The maximum atomic E-state index is 12.3. The largest absolute Gasteiger partial charge is 0.497 e. The zero-order valence-corrected chi connectivity index (χ0v) is 16.6. The fourth-order valence-corrected chi connectivity index (χ4v) is 3.46. The monoisotopic (exact) mass is 386 g/mol. The summed E-state index contributed by atoms with van der Waals surface area (Å²) in [4.78, 5) is 12.3. The van der Waals surface area contributed by atoms with Gasteiger partial charge in [0.25, 0.3) is 0 Å². The second kappa shape index (κ2) is 7.84. The van der Waals surface area contributed by atoms with Crippen molar-refractivity contribution in [3.63, 3.8) is 0 Å². The van der Waals surface area contributed by atoms with E-state index in [0.717, 1.165) is 33.4 Å². The van der Waals surface area contributed by atoms with Crippen LogP contribution in [0.3, 0.4) is 0 Å². The fraction of sp³-hybridized carbons (Fsp3) is 0.160. The summed E-state index contributed by atoms with van der Waals surface area (Å²) >= 11 is 0. The lowest BCUT2D eigenvalue weighted by Crippen LogP contribution is -2.05. The Morgan fingerprint density at radius 3 is 2.34 bits per heavy atom. The predicted octanol–water partition coefficient (Wildman–Crippen LogP) is 5.92. The lowest BCUT2D eigenvalue weighted by molar-refractivity contribution is 0.225. The molecule has 4 nitrogen and oxygen atoms in total. The van der Waals surface area contributed by atoms with E-state index < -0.39 is 0 Å². The van der Waals surface area contributed by atoms with Crippen LogP contribution in [0.5, 0.6) is 11.5 Å². The van der Waals surface area contributed by atoms with Crippen LogP contribution in [0, 0.1) is 6.92 Å². The number of methoxy groups -OCH3 is 1. The van der Waals surface area contributed by atoms with Crippen LogP contribution in [-0.4, -0.2) is 7.11 Å². The molecule has 0 fully saturated rings. The Labute approximate surface area is 169 Å². The fourth-order valence-electron chi connectivity index (χ4n) is 3.46. The van der Waals surface area contributed by atoms with E-state index in [9.17, 15) is 4.79 Å². The predicted molar refractivity (Wildman–Crippen MR) is 115 cm³/mol. The van der Waals surface area contributed by atoms with Gasteiger partial charge in [0.15, 0.2) is 0 Å². The molecule has 4 rings (SSSR count). The van der Waals surface area contributed by atoms with Crippen molar-refractivity contribution in [3.05, 3.63) is 94.3 Å². The number of rotatable bonds is 5. The third-order valence-corrected chi connectivity index (χ3v) is 5.08. The minimum Gasteiger partial charge on any atom is -0.497 e. The van der Waals surface area contributed by atoms with Gasteiger partial charge in [0.1, 0.15) is 23.2 Å². The smallest absolute Gasteiger partial charge is 0.336 e. The Balaban J connectivity index is 1.77. The molecule has 4 aromatic rings. The highest BCUT2D eigenvalue weighted by Crippen LogP contribution is 2.35. The van der Waals surface area contributed by atoms with Gasteiger partial charge in [-0.1, -0.05) is 42.5 Å². The first-order chi connectivity index (χ1) is 14.1. The van der Waals surface area contributed by atoms with Crippen LogP contribution in [0.2, 0.25) is 0 Å². The quantitative estimate of drug-likeness (QED) is 0.400.